The summed E-state index contributed by atoms with van der Waals surface area (Å²) in [6.07, 6.45) is 4.38. The van der Waals surface area contributed by atoms with Crippen LogP contribution in [0, 0.1) is 5.92 Å². The van der Waals surface area contributed by atoms with Gasteiger partial charge in [-0.3, -0.25) is 4.90 Å². The fourth-order valence-electron chi connectivity index (χ4n) is 4.73. The Kier molecular flexibility index (Phi) is 4.62. The molecule has 3 heterocycles. The van der Waals surface area contributed by atoms with Crippen molar-refractivity contribution < 1.29 is 24.8 Å². The van der Waals surface area contributed by atoms with Crippen LogP contribution in [-0.2, 0) is 15.9 Å². The highest BCUT2D eigenvalue weighted by Crippen LogP contribution is 2.49. The summed E-state index contributed by atoms with van der Waals surface area (Å²) in [5, 5.41) is 28.8. The number of nitrogens with zero attached hydrogens (tertiary/aromatic N) is 1. The minimum absolute atomic E-state index is 0.0482. The fraction of sp³-hybridized carbons (Fsp3) is 0.684. The Balaban J connectivity index is 1.61. The lowest BCUT2D eigenvalue weighted by Gasteiger charge is -2.51. The zero-order chi connectivity index (χ0) is 17.4. The van der Waals surface area contributed by atoms with Crippen LogP contribution in [0.5, 0.6) is 11.5 Å². The monoisotopic (exact) mass is 349 g/mol. The molecule has 0 aromatic heterocycles. The second-order valence-corrected chi connectivity index (χ2v) is 7.43. The SMILES string of the molecule is OCCCC[C@@H]1CN2CCc3cc(O)c(O)cc3[C@H]2CC12OCCO2. The number of phenolic OH excluding ortho intramolecular Hbond substituents is 2. The summed E-state index contributed by atoms with van der Waals surface area (Å²) in [4.78, 5) is 2.46. The third-order valence-electron chi connectivity index (χ3n) is 6.00. The highest BCUT2D eigenvalue weighted by Gasteiger charge is 2.52. The van der Waals surface area contributed by atoms with E-state index in [1.165, 1.54) is 0 Å². The number of unbranched alkanes of at least 4 members (excludes halogenated alkanes) is 1. The molecule has 3 aliphatic rings. The predicted octanol–water partition coefficient (Wildman–Crippen LogP) is 1.92. The molecule has 0 bridgehead atoms. The molecule has 0 saturated carbocycles. The van der Waals surface area contributed by atoms with Crippen LogP contribution in [0.2, 0.25) is 0 Å². The van der Waals surface area contributed by atoms with Gasteiger partial charge in [0.15, 0.2) is 17.3 Å². The van der Waals surface area contributed by atoms with E-state index < -0.39 is 5.79 Å². The number of aliphatic hydroxyl groups is 1. The van der Waals surface area contributed by atoms with Gasteiger partial charge in [0, 0.05) is 38.1 Å². The standard InChI is InChI=1S/C19H27NO5/c21-6-2-1-3-14-12-20-5-4-13-9-17(22)18(23)10-15(13)16(20)11-19(14)24-7-8-25-19/h9-10,14,16,21-23H,1-8,11-12H2/t14-,16-/m1/s1. The van der Waals surface area contributed by atoms with Crippen LogP contribution in [0.25, 0.3) is 0 Å². The summed E-state index contributed by atoms with van der Waals surface area (Å²) in [6, 6.07) is 3.54. The molecule has 6 nitrogen and oxygen atoms in total. The van der Waals surface area contributed by atoms with E-state index >= 15 is 0 Å². The largest absolute Gasteiger partial charge is 0.504 e. The molecule has 1 spiro atoms. The van der Waals surface area contributed by atoms with Crippen LogP contribution < -0.4 is 0 Å². The zero-order valence-corrected chi connectivity index (χ0v) is 14.5. The Labute approximate surface area is 148 Å². The molecule has 0 aliphatic carbocycles. The van der Waals surface area contributed by atoms with Crippen molar-refractivity contribution >= 4 is 0 Å². The minimum atomic E-state index is -0.557. The van der Waals surface area contributed by atoms with Crippen LogP contribution in [0.15, 0.2) is 12.1 Å². The van der Waals surface area contributed by atoms with Gasteiger partial charge < -0.3 is 24.8 Å². The molecule has 138 valence electrons. The van der Waals surface area contributed by atoms with E-state index in [4.69, 9.17) is 14.6 Å². The van der Waals surface area contributed by atoms with Gasteiger partial charge in [0.1, 0.15) is 0 Å². The van der Waals surface area contributed by atoms with Crippen molar-refractivity contribution in [3.63, 3.8) is 0 Å². The van der Waals surface area contributed by atoms with Crippen molar-refractivity contribution in [1.82, 2.24) is 4.90 Å². The second kappa shape index (κ2) is 6.76. The molecule has 2 atom stereocenters. The number of phenols is 2. The minimum Gasteiger partial charge on any atom is -0.504 e. The maximum atomic E-state index is 9.96. The molecule has 3 N–H and O–H groups in total. The average Bonchev–Trinajstić information content (AvgIpc) is 3.06. The van der Waals surface area contributed by atoms with Crippen LogP contribution in [-0.4, -0.2) is 58.9 Å². The number of hydrogen-bond donors (Lipinski definition) is 3. The molecule has 0 unspecified atom stereocenters. The number of rotatable bonds is 4. The molecule has 1 aromatic rings. The Bertz CT molecular complexity index is 628. The number of aliphatic hydroxyl groups excluding tert-OH is 1. The summed E-state index contributed by atoms with van der Waals surface area (Å²) < 4.78 is 12.2. The molecule has 0 radical (unpaired) electrons. The topological polar surface area (TPSA) is 82.4 Å². The molecule has 2 fully saturated rings. The Morgan fingerprint density at radius 3 is 2.64 bits per heavy atom. The van der Waals surface area contributed by atoms with Gasteiger partial charge in [-0.15, -0.1) is 0 Å². The van der Waals surface area contributed by atoms with Crippen LogP contribution in [0.3, 0.4) is 0 Å². The van der Waals surface area contributed by atoms with Gasteiger partial charge in [0.05, 0.1) is 13.2 Å². The molecule has 2 saturated heterocycles. The lowest BCUT2D eigenvalue weighted by Crippen LogP contribution is -2.55. The van der Waals surface area contributed by atoms with E-state index in [-0.39, 0.29) is 24.1 Å². The quantitative estimate of drug-likeness (QED) is 0.569. The highest BCUT2D eigenvalue weighted by atomic mass is 16.7. The summed E-state index contributed by atoms with van der Waals surface area (Å²) in [6.45, 7) is 3.31. The first-order chi connectivity index (χ1) is 12.1. The molecular formula is C19H27NO5. The van der Waals surface area contributed by atoms with Gasteiger partial charge in [0.2, 0.25) is 0 Å². The van der Waals surface area contributed by atoms with Gasteiger partial charge in [-0.1, -0.05) is 6.42 Å². The number of fused-ring (bicyclic) bond motifs is 3. The van der Waals surface area contributed by atoms with E-state index in [2.05, 4.69) is 4.90 Å². The average molecular weight is 349 g/mol. The van der Waals surface area contributed by atoms with E-state index in [9.17, 15) is 10.2 Å². The molecule has 0 amide bonds. The normalized spacial score (nSPS) is 28.0. The maximum absolute atomic E-state index is 9.96. The lowest BCUT2D eigenvalue weighted by atomic mass is 9.77. The van der Waals surface area contributed by atoms with E-state index in [0.29, 0.717) is 19.1 Å². The van der Waals surface area contributed by atoms with Crippen LogP contribution in [0.4, 0.5) is 0 Å². The molecular weight excluding hydrogens is 322 g/mol. The van der Waals surface area contributed by atoms with E-state index in [1.54, 1.807) is 12.1 Å². The van der Waals surface area contributed by atoms with Gasteiger partial charge in [-0.05, 0) is 42.5 Å². The third-order valence-corrected chi connectivity index (χ3v) is 6.00. The van der Waals surface area contributed by atoms with E-state index in [1.807, 2.05) is 0 Å². The number of aromatic hydroxyl groups is 2. The van der Waals surface area contributed by atoms with Crippen molar-refractivity contribution in [3.05, 3.63) is 23.3 Å². The summed E-state index contributed by atoms with van der Waals surface area (Å²) in [7, 11) is 0. The summed E-state index contributed by atoms with van der Waals surface area (Å²) in [5.41, 5.74) is 2.18. The molecule has 6 heteroatoms. The Hall–Kier alpha value is -1.34. The van der Waals surface area contributed by atoms with Crippen molar-refractivity contribution in [2.45, 2.75) is 43.9 Å². The van der Waals surface area contributed by atoms with Crippen molar-refractivity contribution in [2.24, 2.45) is 5.92 Å². The van der Waals surface area contributed by atoms with E-state index in [0.717, 1.165) is 56.3 Å². The van der Waals surface area contributed by atoms with Gasteiger partial charge in [0.25, 0.3) is 0 Å². The number of ether oxygens (including phenoxy) is 2. The smallest absolute Gasteiger partial charge is 0.174 e. The fourth-order valence-corrected chi connectivity index (χ4v) is 4.73. The summed E-state index contributed by atoms with van der Waals surface area (Å²) in [5.74, 6) is -0.371. The van der Waals surface area contributed by atoms with Crippen molar-refractivity contribution in [1.29, 1.82) is 0 Å². The first kappa shape index (κ1) is 17.1. The summed E-state index contributed by atoms with van der Waals surface area (Å²) >= 11 is 0. The molecule has 3 aliphatic heterocycles. The lowest BCUT2D eigenvalue weighted by molar-refractivity contribution is -0.235. The third kappa shape index (κ3) is 3.01. The van der Waals surface area contributed by atoms with Crippen molar-refractivity contribution in [3.8, 4) is 11.5 Å². The Morgan fingerprint density at radius 2 is 1.88 bits per heavy atom. The van der Waals surface area contributed by atoms with Crippen LogP contribution in [0.1, 0.15) is 42.9 Å². The number of piperidine rings is 1. The maximum Gasteiger partial charge on any atom is 0.174 e. The number of benzene rings is 1. The zero-order valence-electron chi connectivity index (χ0n) is 14.5. The van der Waals surface area contributed by atoms with Gasteiger partial charge in [-0.2, -0.15) is 0 Å². The number of hydrogen-bond acceptors (Lipinski definition) is 6. The molecule has 4 rings (SSSR count). The first-order valence-electron chi connectivity index (χ1n) is 9.30. The predicted molar refractivity (Wildman–Crippen MR) is 91.5 cm³/mol. The molecule has 25 heavy (non-hydrogen) atoms. The van der Waals surface area contributed by atoms with Gasteiger partial charge >= 0.3 is 0 Å². The van der Waals surface area contributed by atoms with Gasteiger partial charge in [-0.25, -0.2) is 0 Å². The van der Waals surface area contributed by atoms with Crippen LogP contribution >= 0.6 is 0 Å². The first-order valence-corrected chi connectivity index (χ1v) is 9.30. The second-order valence-electron chi connectivity index (χ2n) is 7.43. The highest BCUT2D eigenvalue weighted by molar-refractivity contribution is 5.48. The molecule has 1 aromatic carbocycles. The van der Waals surface area contributed by atoms with Crippen molar-refractivity contribution in [2.75, 3.05) is 32.9 Å². The Morgan fingerprint density at radius 1 is 1.12 bits per heavy atom.